The van der Waals surface area contributed by atoms with Crippen LogP contribution >= 0.6 is 0 Å². The van der Waals surface area contributed by atoms with Crippen LogP contribution in [-0.2, 0) is 19.6 Å². The van der Waals surface area contributed by atoms with Crippen LogP contribution in [0.25, 0.3) is 6.08 Å². The van der Waals surface area contributed by atoms with Crippen LogP contribution in [-0.4, -0.2) is 60.5 Å². The standard InChI is InChI=1S/C23H25N3O4S/c1-18(27)26-12-11-19-7-5-6-10-21(19)22(26)17-23(28)24-13-15-25(16-14-24)31(29,30)20-8-3-2-4-9-20/h2-12,22H,13-17H2,1H3/t22-/m0/s1. The van der Waals surface area contributed by atoms with Crippen molar-refractivity contribution in [3.05, 3.63) is 71.9 Å². The molecule has 2 amide bonds. The summed E-state index contributed by atoms with van der Waals surface area (Å²) in [7, 11) is -3.57. The van der Waals surface area contributed by atoms with Gasteiger partial charge in [-0.1, -0.05) is 42.5 Å². The average Bonchev–Trinajstić information content (AvgIpc) is 2.79. The highest BCUT2D eigenvalue weighted by molar-refractivity contribution is 7.89. The van der Waals surface area contributed by atoms with Gasteiger partial charge in [0.1, 0.15) is 0 Å². The maximum Gasteiger partial charge on any atom is 0.243 e. The Bertz CT molecular complexity index is 1110. The summed E-state index contributed by atoms with van der Waals surface area (Å²) in [5.74, 6) is -0.208. The third-order valence-electron chi connectivity index (χ3n) is 5.81. The van der Waals surface area contributed by atoms with Gasteiger partial charge in [0, 0.05) is 39.3 Å². The molecule has 7 nitrogen and oxygen atoms in total. The molecule has 31 heavy (non-hydrogen) atoms. The second-order valence-electron chi connectivity index (χ2n) is 7.69. The van der Waals surface area contributed by atoms with Crippen LogP contribution in [0.4, 0.5) is 0 Å². The lowest BCUT2D eigenvalue weighted by Crippen LogP contribution is -2.51. The number of benzene rings is 2. The highest BCUT2D eigenvalue weighted by Crippen LogP contribution is 2.33. The first-order chi connectivity index (χ1) is 14.9. The summed E-state index contributed by atoms with van der Waals surface area (Å²) < 4.78 is 27.0. The van der Waals surface area contributed by atoms with Crippen molar-refractivity contribution in [3.63, 3.8) is 0 Å². The number of piperazine rings is 1. The molecular formula is C23H25N3O4S. The third-order valence-corrected chi connectivity index (χ3v) is 7.72. The lowest BCUT2D eigenvalue weighted by atomic mass is 9.93. The molecule has 0 spiro atoms. The molecule has 0 aliphatic carbocycles. The van der Waals surface area contributed by atoms with E-state index >= 15 is 0 Å². The van der Waals surface area contributed by atoms with E-state index in [1.54, 1.807) is 46.3 Å². The van der Waals surface area contributed by atoms with Crippen molar-refractivity contribution < 1.29 is 18.0 Å². The number of carbonyl (C=O) groups excluding carboxylic acids is 2. The lowest BCUT2D eigenvalue weighted by molar-refractivity contribution is -0.135. The minimum atomic E-state index is -3.57. The average molecular weight is 440 g/mol. The summed E-state index contributed by atoms with van der Waals surface area (Å²) in [6.45, 7) is 2.65. The summed E-state index contributed by atoms with van der Waals surface area (Å²) in [6.07, 6.45) is 3.77. The molecule has 0 N–H and O–H groups in total. The molecule has 0 bridgehead atoms. The second-order valence-corrected chi connectivity index (χ2v) is 9.63. The molecule has 4 rings (SSSR count). The molecule has 0 unspecified atom stereocenters. The van der Waals surface area contributed by atoms with Gasteiger partial charge in [0.25, 0.3) is 0 Å². The van der Waals surface area contributed by atoms with Gasteiger partial charge < -0.3 is 9.80 Å². The fourth-order valence-electron chi connectivity index (χ4n) is 4.13. The second kappa shape index (κ2) is 8.64. The molecule has 2 aromatic carbocycles. The van der Waals surface area contributed by atoms with Gasteiger partial charge in [-0.2, -0.15) is 4.31 Å². The highest BCUT2D eigenvalue weighted by Gasteiger charge is 2.33. The Morgan fingerprint density at radius 3 is 2.26 bits per heavy atom. The van der Waals surface area contributed by atoms with E-state index in [-0.39, 0.29) is 42.3 Å². The predicted octanol–water partition coefficient (Wildman–Crippen LogP) is 2.48. The number of nitrogens with zero attached hydrogens (tertiary/aromatic N) is 3. The molecule has 2 aliphatic heterocycles. The van der Waals surface area contributed by atoms with Crippen LogP contribution < -0.4 is 0 Å². The monoisotopic (exact) mass is 439 g/mol. The van der Waals surface area contributed by atoms with Gasteiger partial charge >= 0.3 is 0 Å². The maximum absolute atomic E-state index is 13.1. The molecule has 1 fully saturated rings. The zero-order chi connectivity index (χ0) is 22.0. The van der Waals surface area contributed by atoms with Crippen molar-refractivity contribution in [1.82, 2.24) is 14.1 Å². The number of rotatable bonds is 4. The van der Waals surface area contributed by atoms with Crippen molar-refractivity contribution in [1.29, 1.82) is 0 Å². The number of hydrogen-bond donors (Lipinski definition) is 0. The van der Waals surface area contributed by atoms with Gasteiger partial charge in [-0.05, 0) is 29.3 Å². The van der Waals surface area contributed by atoms with E-state index in [1.807, 2.05) is 30.3 Å². The molecule has 0 saturated carbocycles. The largest absolute Gasteiger partial charge is 0.340 e. The van der Waals surface area contributed by atoms with Crippen LogP contribution in [0, 0.1) is 0 Å². The molecule has 1 saturated heterocycles. The number of amides is 2. The van der Waals surface area contributed by atoms with Gasteiger partial charge in [-0.25, -0.2) is 8.42 Å². The van der Waals surface area contributed by atoms with Gasteiger partial charge in [-0.3, -0.25) is 9.59 Å². The molecule has 0 radical (unpaired) electrons. The molecule has 1 atom stereocenters. The summed E-state index contributed by atoms with van der Waals surface area (Å²) in [4.78, 5) is 28.8. The van der Waals surface area contributed by atoms with Gasteiger partial charge in [0.2, 0.25) is 21.8 Å². The van der Waals surface area contributed by atoms with Gasteiger partial charge in [-0.15, -0.1) is 0 Å². The predicted molar refractivity (Wildman–Crippen MR) is 117 cm³/mol. The maximum atomic E-state index is 13.1. The van der Waals surface area contributed by atoms with Crippen molar-refractivity contribution in [2.45, 2.75) is 24.3 Å². The smallest absolute Gasteiger partial charge is 0.243 e. The molecule has 8 heteroatoms. The Labute approximate surface area is 182 Å². The van der Waals surface area contributed by atoms with E-state index in [0.29, 0.717) is 13.1 Å². The van der Waals surface area contributed by atoms with Crippen molar-refractivity contribution >= 4 is 27.9 Å². The van der Waals surface area contributed by atoms with Crippen molar-refractivity contribution in [3.8, 4) is 0 Å². The normalized spacial score (nSPS) is 19.2. The Kier molecular flexibility index (Phi) is 5.93. The quantitative estimate of drug-likeness (QED) is 0.733. The molecule has 2 aliphatic rings. The van der Waals surface area contributed by atoms with Crippen molar-refractivity contribution in [2.24, 2.45) is 0 Å². The van der Waals surface area contributed by atoms with Crippen LogP contribution in [0.1, 0.15) is 30.5 Å². The van der Waals surface area contributed by atoms with E-state index in [0.717, 1.165) is 11.1 Å². The fraction of sp³-hybridized carbons (Fsp3) is 0.304. The lowest BCUT2D eigenvalue weighted by Gasteiger charge is -2.37. The summed E-state index contributed by atoms with van der Waals surface area (Å²) >= 11 is 0. The third kappa shape index (κ3) is 4.26. The zero-order valence-electron chi connectivity index (χ0n) is 17.3. The number of carbonyl (C=O) groups is 2. The van der Waals surface area contributed by atoms with E-state index in [4.69, 9.17) is 0 Å². The van der Waals surface area contributed by atoms with E-state index in [9.17, 15) is 18.0 Å². The highest BCUT2D eigenvalue weighted by atomic mass is 32.2. The van der Waals surface area contributed by atoms with Crippen LogP contribution in [0.3, 0.4) is 0 Å². The Morgan fingerprint density at radius 1 is 0.935 bits per heavy atom. The Morgan fingerprint density at radius 2 is 1.58 bits per heavy atom. The summed E-state index contributed by atoms with van der Waals surface area (Å²) in [5.41, 5.74) is 1.94. The molecule has 2 heterocycles. The molecule has 2 aromatic rings. The van der Waals surface area contributed by atoms with Gasteiger partial charge in [0.05, 0.1) is 17.4 Å². The SMILES string of the molecule is CC(=O)N1C=Cc2ccccc2[C@@H]1CC(=O)N1CCN(S(=O)(=O)c2ccccc2)CC1. The first-order valence-electron chi connectivity index (χ1n) is 10.3. The first-order valence-corrected chi connectivity index (χ1v) is 11.7. The van der Waals surface area contributed by atoms with Crippen LogP contribution in [0.15, 0.2) is 65.7 Å². The van der Waals surface area contributed by atoms with Gasteiger partial charge in [0.15, 0.2) is 0 Å². The number of hydrogen-bond acceptors (Lipinski definition) is 4. The molecular weight excluding hydrogens is 414 g/mol. The van der Waals surface area contributed by atoms with E-state index in [1.165, 1.54) is 11.2 Å². The van der Waals surface area contributed by atoms with Crippen molar-refractivity contribution in [2.75, 3.05) is 26.2 Å². The zero-order valence-corrected chi connectivity index (χ0v) is 18.2. The topological polar surface area (TPSA) is 78.0 Å². The molecule has 162 valence electrons. The summed E-state index contributed by atoms with van der Waals surface area (Å²) in [5, 5.41) is 0. The Balaban J connectivity index is 1.44. The number of sulfonamides is 1. The summed E-state index contributed by atoms with van der Waals surface area (Å²) in [6, 6.07) is 15.7. The fourth-order valence-corrected chi connectivity index (χ4v) is 5.57. The number of fused-ring (bicyclic) bond motifs is 1. The minimum absolute atomic E-state index is 0.0851. The minimum Gasteiger partial charge on any atom is -0.340 e. The van der Waals surface area contributed by atoms with E-state index < -0.39 is 10.0 Å². The van der Waals surface area contributed by atoms with E-state index in [2.05, 4.69) is 0 Å². The van der Waals surface area contributed by atoms with Crippen LogP contribution in [0.2, 0.25) is 0 Å². The first kappa shape index (κ1) is 21.3. The Hall–Kier alpha value is -2.97. The van der Waals surface area contributed by atoms with Crippen LogP contribution in [0.5, 0.6) is 0 Å². The molecule has 0 aromatic heterocycles.